The Morgan fingerprint density at radius 1 is 1.09 bits per heavy atom. The van der Waals surface area contributed by atoms with E-state index in [1.54, 1.807) is 51.5 Å². The second-order valence-electron chi connectivity index (χ2n) is 8.48. The van der Waals surface area contributed by atoms with Crippen molar-refractivity contribution < 1.29 is 9.18 Å². The van der Waals surface area contributed by atoms with Crippen molar-refractivity contribution in [3.8, 4) is 17.2 Å². The summed E-state index contributed by atoms with van der Waals surface area (Å²) in [5, 5.41) is 15.5. The number of hydrogen-bond acceptors (Lipinski definition) is 6. The van der Waals surface area contributed by atoms with Crippen LogP contribution in [0.5, 0.6) is 0 Å². The highest BCUT2D eigenvalue weighted by atomic mass is 19.1. The van der Waals surface area contributed by atoms with E-state index in [1.165, 1.54) is 6.20 Å². The fourth-order valence-corrected chi connectivity index (χ4v) is 3.60. The molecule has 1 aromatic carbocycles. The molecular weight excluding hydrogens is 431 g/mol. The second kappa shape index (κ2) is 8.87. The SMILES string of the molecule is CNc1ncc2cc(-c3cc(NC(=O)c4cc(C(C)(C)C#N)ccn4)ccc3C)cnc2c1F. The molecule has 2 N–H and O–H groups in total. The van der Waals surface area contributed by atoms with Crippen LogP contribution in [0.1, 0.15) is 35.5 Å². The first-order valence-corrected chi connectivity index (χ1v) is 10.7. The van der Waals surface area contributed by atoms with Crippen molar-refractivity contribution in [1.29, 1.82) is 5.26 Å². The molecule has 1 amide bonds. The second-order valence-corrected chi connectivity index (χ2v) is 8.48. The third kappa shape index (κ3) is 4.28. The van der Waals surface area contributed by atoms with Crippen LogP contribution in [0.4, 0.5) is 15.9 Å². The Morgan fingerprint density at radius 3 is 2.62 bits per heavy atom. The monoisotopic (exact) mass is 454 g/mol. The summed E-state index contributed by atoms with van der Waals surface area (Å²) in [6.45, 7) is 5.52. The molecule has 0 atom stereocenters. The minimum absolute atomic E-state index is 0.143. The Bertz CT molecular complexity index is 1460. The number of fused-ring (bicyclic) bond motifs is 1. The first kappa shape index (κ1) is 22.8. The van der Waals surface area contributed by atoms with Gasteiger partial charge in [0.1, 0.15) is 11.2 Å². The molecule has 0 aliphatic rings. The molecule has 3 heterocycles. The smallest absolute Gasteiger partial charge is 0.274 e. The van der Waals surface area contributed by atoms with Gasteiger partial charge in [0.05, 0.1) is 11.5 Å². The van der Waals surface area contributed by atoms with Gasteiger partial charge in [-0.3, -0.25) is 14.8 Å². The lowest BCUT2D eigenvalue weighted by atomic mass is 9.86. The highest BCUT2D eigenvalue weighted by Gasteiger charge is 2.21. The Balaban J connectivity index is 1.65. The number of hydrogen-bond donors (Lipinski definition) is 2. The average molecular weight is 455 g/mol. The first-order chi connectivity index (χ1) is 16.2. The summed E-state index contributed by atoms with van der Waals surface area (Å²) < 4.78 is 14.5. The normalized spacial score (nSPS) is 11.2. The molecule has 8 heteroatoms. The molecule has 170 valence electrons. The predicted molar refractivity (Wildman–Crippen MR) is 130 cm³/mol. The van der Waals surface area contributed by atoms with Crippen molar-refractivity contribution in [3.05, 3.63) is 77.6 Å². The zero-order chi connectivity index (χ0) is 24.5. The van der Waals surface area contributed by atoms with E-state index in [2.05, 4.69) is 31.7 Å². The van der Waals surface area contributed by atoms with E-state index in [4.69, 9.17) is 0 Å². The van der Waals surface area contributed by atoms with Crippen LogP contribution in [0.3, 0.4) is 0 Å². The van der Waals surface area contributed by atoms with Crippen LogP contribution in [0, 0.1) is 24.1 Å². The number of anilines is 2. The maximum absolute atomic E-state index is 14.5. The number of benzene rings is 1. The van der Waals surface area contributed by atoms with Gasteiger partial charge in [-0.2, -0.15) is 5.26 Å². The van der Waals surface area contributed by atoms with Crippen LogP contribution in [-0.4, -0.2) is 27.9 Å². The molecule has 4 aromatic rings. The molecule has 0 saturated carbocycles. The van der Waals surface area contributed by atoms with Gasteiger partial charge >= 0.3 is 0 Å². The number of halogens is 1. The number of rotatable bonds is 5. The Kier molecular flexibility index (Phi) is 5.95. The van der Waals surface area contributed by atoms with Crippen molar-refractivity contribution in [2.45, 2.75) is 26.2 Å². The van der Waals surface area contributed by atoms with Crippen LogP contribution in [0.15, 0.2) is 55.0 Å². The van der Waals surface area contributed by atoms with E-state index in [-0.39, 0.29) is 22.9 Å². The van der Waals surface area contributed by atoms with Gasteiger partial charge < -0.3 is 10.6 Å². The number of amides is 1. The first-order valence-electron chi connectivity index (χ1n) is 10.7. The number of nitrogens with one attached hydrogen (secondary N) is 2. The number of aryl methyl sites for hydroxylation is 1. The maximum atomic E-state index is 14.5. The minimum Gasteiger partial charge on any atom is -0.371 e. The van der Waals surface area contributed by atoms with Crippen LogP contribution in [0.2, 0.25) is 0 Å². The number of carbonyl (C=O) groups is 1. The van der Waals surface area contributed by atoms with Crippen LogP contribution in [0.25, 0.3) is 22.0 Å². The topological polar surface area (TPSA) is 104 Å². The lowest BCUT2D eigenvalue weighted by Gasteiger charge is -2.16. The summed E-state index contributed by atoms with van der Waals surface area (Å²) in [5.74, 6) is -0.740. The van der Waals surface area contributed by atoms with Gasteiger partial charge in [0.2, 0.25) is 0 Å². The summed E-state index contributed by atoms with van der Waals surface area (Å²) in [6.07, 6.45) is 4.70. The third-order valence-corrected chi connectivity index (χ3v) is 5.70. The molecule has 3 aromatic heterocycles. The van der Waals surface area contributed by atoms with Crippen LogP contribution < -0.4 is 10.6 Å². The van der Waals surface area contributed by atoms with Gasteiger partial charge in [-0.25, -0.2) is 9.37 Å². The lowest BCUT2D eigenvalue weighted by molar-refractivity contribution is 0.102. The molecule has 0 fully saturated rings. The number of aromatic nitrogens is 3. The zero-order valence-corrected chi connectivity index (χ0v) is 19.3. The maximum Gasteiger partial charge on any atom is 0.274 e. The van der Waals surface area contributed by atoms with Gasteiger partial charge in [0, 0.05) is 42.3 Å². The van der Waals surface area contributed by atoms with Crippen molar-refractivity contribution in [3.63, 3.8) is 0 Å². The lowest BCUT2D eigenvalue weighted by Crippen LogP contribution is -2.18. The summed E-state index contributed by atoms with van der Waals surface area (Å²) in [6, 6.07) is 12.9. The molecule has 0 spiro atoms. The zero-order valence-electron chi connectivity index (χ0n) is 19.3. The van der Waals surface area contributed by atoms with Gasteiger partial charge in [0.25, 0.3) is 5.91 Å². The molecule has 34 heavy (non-hydrogen) atoms. The van der Waals surface area contributed by atoms with Crippen molar-refractivity contribution in [2.24, 2.45) is 0 Å². The Morgan fingerprint density at radius 2 is 1.88 bits per heavy atom. The van der Waals surface area contributed by atoms with Gasteiger partial charge in [0.15, 0.2) is 11.6 Å². The number of pyridine rings is 3. The molecule has 0 aliphatic heterocycles. The molecule has 0 radical (unpaired) electrons. The molecule has 0 saturated heterocycles. The highest BCUT2D eigenvalue weighted by Crippen LogP contribution is 2.30. The summed E-state index contributed by atoms with van der Waals surface area (Å²) in [7, 11) is 1.60. The van der Waals surface area contributed by atoms with Crippen molar-refractivity contribution in [1.82, 2.24) is 15.0 Å². The van der Waals surface area contributed by atoms with Crippen LogP contribution in [-0.2, 0) is 5.41 Å². The largest absolute Gasteiger partial charge is 0.371 e. The number of nitriles is 1. The number of carbonyl (C=O) groups excluding carboxylic acids is 1. The highest BCUT2D eigenvalue weighted by molar-refractivity contribution is 6.03. The van der Waals surface area contributed by atoms with E-state index in [1.807, 2.05) is 25.1 Å². The van der Waals surface area contributed by atoms with Gasteiger partial charge in [-0.15, -0.1) is 0 Å². The molecular formula is C26H23FN6O. The molecule has 7 nitrogen and oxygen atoms in total. The summed E-state index contributed by atoms with van der Waals surface area (Å²) in [5.41, 5.74) is 3.59. The average Bonchev–Trinajstić information content (AvgIpc) is 2.85. The van der Waals surface area contributed by atoms with Gasteiger partial charge in [-0.05, 0) is 67.8 Å². The van der Waals surface area contributed by atoms with E-state index in [0.29, 0.717) is 16.6 Å². The minimum atomic E-state index is -0.736. The molecule has 0 bridgehead atoms. The summed E-state index contributed by atoms with van der Waals surface area (Å²) >= 11 is 0. The quantitative estimate of drug-likeness (QED) is 0.428. The Labute approximate surface area is 196 Å². The fourth-order valence-electron chi connectivity index (χ4n) is 3.60. The predicted octanol–water partition coefficient (Wildman–Crippen LogP) is 5.23. The molecule has 0 unspecified atom stereocenters. The van der Waals surface area contributed by atoms with Crippen LogP contribution >= 0.6 is 0 Å². The number of nitrogens with zero attached hydrogens (tertiary/aromatic N) is 4. The standard InChI is InChI=1S/C26H23FN6O/c1-15-5-6-19(33-25(34)21-10-18(7-8-30-21)26(2,3)14-28)11-20(15)16-9-17-13-32-24(29-4)22(27)23(17)31-12-16/h5-13H,1-4H3,(H,29,32)(H,33,34). The molecule has 0 aliphatic carbocycles. The fraction of sp³-hybridized carbons (Fsp3) is 0.192. The van der Waals surface area contributed by atoms with Gasteiger partial charge in [-0.1, -0.05) is 6.07 Å². The van der Waals surface area contributed by atoms with Crippen molar-refractivity contribution >= 4 is 28.3 Å². The van der Waals surface area contributed by atoms with E-state index >= 15 is 0 Å². The van der Waals surface area contributed by atoms with E-state index in [0.717, 1.165) is 16.7 Å². The molecule has 4 rings (SSSR count). The van der Waals surface area contributed by atoms with Crippen molar-refractivity contribution in [2.75, 3.05) is 17.7 Å². The van der Waals surface area contributed by atoms with E-state index < -0.39 is 11.2 Å². The third-order valence-electron chi connectivity index (χ3n) is 5.70. The van der Waals surface area contributed by atoms with E-state index in [9.17, 15) is 14.4 Å². The summed E-state index contributed by atoms with van der Waals surface area (Å²) in [4.78, 5) is 25.4. The Hall–Kier alpha value is -4.38.